The molecule has 0 unspecified atom stereocenters. The number of nitrogens with one attached hydrogen (secondary N) is 3. The number of ether oxygens (including phenoxy) is 1. The summed E-state index contributed by atoms with van der Waals surface area (Å²) < 4.78 is 34.5. The first kappa shape index (κ1) is 27.8. The number of benzene rings is 2. The highest BCUT2D eigenvalue weighted by Gasteiger charge is 2.27. The SMILES string of the molecule is COc1ccc(C(C)(C)c2csc(NC(=O)NCc3cc(F)c(C4CCNCC4)c(F)c3)n2)cc1.Cl. The average Bonchev–Trinajstić information content (AvgIpc) is 3.32. The van der Waals surface area contributed by atoms with E-state index in [1.165, 1.54) is 23.5 Å². The lowest BCUT2D eigenvalue weighted by Crippen LogP contribution is -2.29. The number of methoxy groups -OCH3 is 1. The van der Waals surface area contributed by atoms with E-state index in [9.17, 15) is 13.6 Å². The third-order valence-electron chi connectivity index (χ3n) is 6.52. The van der Waals surface area contributed by atoms with E-state index in [1.54, 1.807) is 7.11 Å². The molecule has 0 saturated carbocycles. The fourth-order valence-corrected chi connectivity index (χ4v) is 5.21. The van der Waals surface area contributed by atoms with E-state index in [2.05, 4.69) is 34.8 Å². The van der Waals surface area contributed by atoms with Crippen molar-refractivity contribution in [3.05, 3.63) is 75.8 Å². The van der Waals surface area contributed by atoms with Crippen molar-refractivity contribution < 1.29 is 18.3 Å². The summed E-state index contributed by atoms with van der Waals surface area (Å²) in [6, 6.07) is 9.91. The van der Waals surface area contributed by atoms with E-state index in [1.807, 2.05) is 29.6 Å². The third kappa shape index (κ3) is 6.32. The summed E-state index contributed by atoms with van der Waals surface area (Å²) in [5.41, 5.74) is 2.03. The first-order chi connectivity index (χ1) is 16.8. The Kier molecular flexibility index (Phi) is 9.27. The van der Waals surface area contributed by atoms with Crippen LogP contribution in [0.4, 0.5) is 18.7 Å². The normalized spacial score (nSPS) is 14.1. The van der Waals surface area contributed by atoms with Gasteiger partial charge in [0.2, 0.25) is 0 Å². The first-order valence-corrected chi connectivity index (χ1v) is 12.5. The number of carbonyl (C=O) groups is 1. The summed E-state index contributed by atoms with van der Waals surface area (Å²) in [5, 5.41) is 10.9. The van der Waals surface area contributed by atoms with Gasteiger partial charge in [-0.3, -0.25) is 5.32 Å². The van der Waals surface area contributed by atoms with Crippen molar-refractivity contribution >= 4 is 34.9 Å². The topological polar surface area (TPSA) is 75.3 Å². The van der Waals surface area contributed by atoms with Crippen LogP contribution >= 0.6 is 23.7 Å². The number of hydrogen-bond donors (Lipinski definition) is 3. The van der Waals surface area contributed by atoms with Crippen molar-refractivity contribution in [2.24, 2.45) is 0 Å². The van der Waals surface area contributed by atoms with Gasteiger partial charge in [0.15, 0.2) is 5.13 Å². The van der Waals surface area contributed by atoms with Gasteiger partial charge in [0, 0.05) is 22.9 Å². The smallest absolute Gasteiger partial charge is 0.321 e. The number of anilines is 1. The van der Waals surface area contributed by atoms with Gasteiger partial charge in [-0.25, -0.2) is 18.6 Å². The van der Waals surface area contributed by atoms with Crippen LogP contribution in [0.2, 0.25) is 0 Å². The monoisotopic (exact) mass is 536 g/mol. The van der Waals surface area contributed by atoms with Crippen LogP contribution in [0, 0.1) is 11.6 Å². The Morgan fingerprint density at radius 1 is 1.17 bits per heavy atom. The largest absolute Gasteiger partial charge is 0.497 e. The molecule has 2 amide bonds. The van der Waals surface area contributed by atoms with Crippen LogP contribution in [-0.4, -0.2) is 31.2 Å². The number of amides is 2. The molecule has 194 valence electrons. The number of rotatable bonds is 7. The van der Waals surface area contributed by atoms with Crippen LogP contribution in [0.1, 0.15) is 55.0 Å². The van der Waals surface area contributed by atoms with Gasteiger partial charge in [-0.2, -0.15) is 0 Å². The molecule has 2 aromatic carbocycles. The highest BCUT2D eigenvalue weighted by Crippen LogP contribution is 2.34. The van der Waals surface area contributed by atoms with Crippen molar-refractivity contribution in [3.8, 4) is 5.75 Å². The Hall–Kier alpha value is -2.75. The zero-order chi connectivity index (χ0) is 25.0. The molecule has 4 rings (SSSR count). The fourth-order valence-electron chi connectivity index (χ4n) is 4.34. The Morgan fingerprint density at radius 2 is 1.81 bits per heavy atom. The van der Waals surface area contributed by atoms with E-state index >= 15 is 0 Å². The Labute approximate surface area is 220 Å². The van der Waals surface area contributed by atoms with Gasteiger partial charge in [-0.15, -0.1) is 23.7 Å². The maximum atomic E-state index is 14.7. The molecule has 3 N–H and O–H groups in total. The number of piperidine rings is 1. The van der Waals surface area contributed by atoms with Crippen LogP contribution in [0.3, 0.4) is 0 Å². The fraction of sp³-hybridized carbons (Fsp3) is 0.385. The average molecular weight is 537 g/mol. The second-order valence-corrected chi connectivity index (χ2v) is 10.1. The van der Waals surface area contributed by atoms with Crippen LogP contribution < -0.4 is 20.7 Å². The van der Waals surface area contributed by atoms with Gasteiger partial charge < -0.3 is 15.4 Å². The van der Waals surface area contributed by atoms with Crippen molar-refractivity contribution in [2.75, 3.05) is 25.5 Å². The highest BCUT2D eigenvalue weighted by atomic mass is 35.5. The molecule has 0 spiro atoms. The van der Waals surface area contributed by atoms with Crippen LogP contribution in [-0.2, 0) is 12.0 Å². The van der Waals surface area contributed by atoms with E-state index in [0.29, 0.717) is 23.5 Å². The van der Waals surface area contributed by atoms with E-state index in [4.69, 9.17) is 4.74 Å². The minimum absolute atomic E-state index is 0. The second-order valence-electron chi connectivity index (χ2n) is 9.20. The number of halogens is 3. The molecule has 0 aliphatic carbocycles. The first-order valence-electron chi connectivity index (χ1n) is 11.6. The van der Waals surface area contributed by atoms with E-state index in [-0.39, 0.29) is 35.8 Å². The molecule has 0 atom stereocenters. The molecule has 1 aliphatic rings. The number of carbonyl (C=O) groups excluding carboxylic acids is 1. The molecule has 0 bridgehead atoms. The van der Waals surface area contributed by atoms with Gasteiger partial charge in [0.1, 0.15) is 17.4 Å². The molecular formula is C26H31ClF2N4O2S. The number of aromatic nitrogens is 1. The van der Waals surface area contributed by atoms with Gasteiger partial charge in [-0.1, -0.05) is 26.0 Å². The molecule has 1 aliphatic heterocycles. The maximum Gasteiger partial charge on any atom is 0.321 e. The Morgan fingerprint density at radius 3 is 2.42 bits per heavy atom. The van der Waals surface area contributed by atoms with Crippen molar-refractivity contribution in [3.63, 3.8) is 0 Å². The molecule has 1 aromatic heterocycles. The molecule has 1 saturated heterocycles. The van der Waals surface area contributed by atoms with Crippen LogP contribution in [0.15, 0.2) is 41.8 Å². The zero-order valence-electron chi connectivity index (χ0n) is 20.5. The van der Waals surface area contributed by atoms with Crippen LogP contribution in [0.25, 0.3) is 0 Å². The summed E-state index contributed by atoms with van der Waals surface area (Å²) >= 11 is 1.32. The predicted molar refractivity (Wildman–Crippen MR) is 142 cm³/mol. The second kappa shape index (κ2) is 12.0. The van der Waals surface area contributed by atoms with Crippen molar-refractivity contribution in [2.45, 2.75) is 44.6 Å². The minimum Gasteiger partial charge on any atom is -0.497 e. The Bertz CT molecular complexity index is 1160. The van der Waals surface area contributed by atoms with E-state index < -0.39 is 17.7 Å². The third-order valence-corrected chi connectivity index (χ3v) is 7.27. The maximum absolute atomic E-state index is 14.7. The van der Waals surface area contributed by atoms with Crippen LogP contribution in [0.5, 0.6) is 5.75 Å². The summed E-state index contributed by atoms with van der Waals surface area (Å²) in [5.74, 6) is -0.454. The molecule has 3 aromatic rings. The Balaban J connectivity index is 0.00000361. The molecule has 2 heterocycles. The highest BCUT2D eigenvalue weighted by molar-refractivity contribution is 7.13. The van der Waals surface area contributed by atoms with Gasteiger partial charge in [0.25, 0.3) is 0 Å². The van der Waals surface area contributed by atoms with Gasteiger partial charge in [0.05, 0.1) is 12.8 Å². The summed E-state index contributed by atoms with van der Waals surface area (Å²) in [4.78, 5) is 17.0. The molecule has 10 heteroatoms. The number of nitrogens with zero attached hydrogens (tertiary/aromatic N) is 1. The lowest BCUT2D eigenvalue weighted by atomic mass is 9.82. The molecule has 0 radical (unpaired) electrons. The number of thiazole rings is 1. The summed E-state index contributed by atoms with van der Waals surface area (Å²) in [6.07, 6.45) is 1.41. The number of hydrogen-bond acceptors (Lipinski definition) is 5. The molecule has 6 nitrogen and oxygen atoms in total. The molecular weight excluding hydrogens is 506 g/mol. The quantitative estimate of drug-likeness (QED) is 0.348. The van der Waals surface area contributed by atoms with Gasteiger partial charge in [-0.05, 0) is 67.2 Å². The summed E-state index contributed by atoms with van der Waals surface area (Å²) in [7, 11) is 1.63. The number of urea groups is 1. The predicted octanol–water partition coefficient (Wildman–Crippen LogP) is 5.97. The minimum atomic E-state index is -0.556. The lowest BCUT2D eigenvalue weighted by Gasteiger charge is -2.24. The lowest BCUT2D eigenvalue weighted by molar-refractivity contribution is 0.251. The van der Waals surface area contributed by atoms with Crippen molar-refractivity contribution in [1.29, 1.82) is 0 Å². The van der Waals surface area contributed by atoms with E-state index in [0.717, 1.165) is 30.1 Å². The zero-order valence-corrected chi connectivity index (χ0v) is 22.1. The standard InChI is InChI=1S/C26H30F2N4O2S.ClH/c1-26(2,18-4-6-19(34-3)7-5-18)22-15-35-25(31-22)32-24(33)30-14-16-12-20(27)23(21(28)13-16)17-8-10-29-11-9-17;/h4-7,12-13,15,17,29H,8-11,14H2,1-3H3,(H2,30,31,32,33);1H. The van der Waals surface area contributed by atoms with Crippen molar-refractivity contribution in [1.82, 2.24) is 15.6 Å². The summed E-state index contributed by atoms with van der Waals surface area (Å²) in [6.45, 7) is 5.63. The molecule has 1 fully saturated rings. The van der Waals surface area contributed by atoms with Gasteiger partial charge >= 0.3 is 6.03 Å². The molecule has 36 heavy (non-hydrogen) atoms.